The molecule has 0 unspecified atom stereocenters. The van der Waals surface area contributed by atoms with E-state index in [1.165, 1.54) is 0 Å². The quantitative estimate of drug-likeness (QED) is 0.683. The Balaban J connectivity index is 2.42. The Morgan fingerprint density at radius 3 is 2.23 bits per heavy atom. The van der Waals surface area contributed by atoms with Gasteiger partial charge in [0, 0.05) is 13.1 Å². The fourth-order valence-corrected chi connectivity index (χ4v) is 1.61. The lowest BCUT2D eigenvalue weighted by molar-refractivity contribution is -0.0662. The molecule has 4 nitrogen and oxygen atoms in total. The fourth-order valence-electron chi connectivity index (χ4n) is 1.61. The zero-order chi connectivity index (χ0) is 10.1. The monoisotopic (exact) mass is 186 g/mol. The van der Waals surface area contributed by atoms with Gasteiger partial charge in [-0.1, -0.05) is 0 Å². The predicted octanol–water partition coefficient (Wildman–Crippen LogP) is 0.515. The van der Waals surface area contributed by atoms with E-state index in [2.05, 4.69) is 0 Å². The van der Waals surface area contributed by atoms with Crippen molar-refractivity contribution in [1.82, 2.24) is 9.80 Å². The van der Waals surface area contributed by atoms with Gasteiger partial charge in [0.25, 0.3) is 0 Å². The fraction of sp³-hybridized carbons (Fsp3) is 0.889. The summed E-state index contributed by atoms with van der Waals surface area (Å²) >= 11 is 0. The van der Waals surface area contributed by atoms with Crippen LogP contribution in [0.25, 0.3) is 0 Å². The summed E-state index contributed by atoms with van der Waals surface area (Å²) in [5, 5.41) is 9.45. The number of urea groups is 1. The molecule has 0 bridgehead atoms. The van der Waals surface area contributed by atoms with Crippen LogP contribution in [0.4, 0.5) is 4.79 Å². The number of hydrogen-bond donors (Lipinski definition) is 1. The van der Waals surface area contributed by atoms with Crippen LogP contribution in [0.15, 0.2) is 0 Å². The SMILES string of the molecule is CCN(CC)C(=O)N1CC(C)(O)C1. The van der Waals surface area contributed by atoms with Crippen molar-refractivity contribution in [3.63, 3.8) is 0 Å². The maximum atomic E-state index is 11.6. The van der Waals surface area contributed by atoms with Gasteiger partial charge in [0.1, 0.15) is 0 Å². The van der Waals surface area contributed by atoms with Crippen molar-refractivity contribution >= 4 is 6.03 Å². The molecular weight excluding hydrogens is 168 g/mol. The largest absolute Gasteiger partial charge is 0.386 e. The Bertz CT molecular complexity index is 192. The molecule has 0 aliphatic carbocycles. The van der Waals surface area contributed by atoms with Gasteiger partial charge < -0.3 is 14.9 Å². The summed E-state index contributed by atoms with van der Waals surface area (Å²) in [6.45, 7) is 8.05. The first-order valence-corrected chi connectivity index (χ1v) is 4.76. The molecule has 4 heteroatoms. The highest BCUT2D eigenvalue weighted by atomic mass is 16.3. The van der Waals surface area contributed by atoms with Crippen LogP contribution in [0.3, 0.4) is 0 Å². The molecule has 0 aromatic carbocycles. The molecule has 1 rings (SSSR count). The van der Waals surface area contributed by atoms with Gasteiger partial charge in [-0.15, -0.1) is 0 Å². The van der Waals surface area contributed by atoms with Crippen LogP contribution < -0.4 is 0 Å². The molecular formula is C9H18N2O2. The molecule has 13 heavy (non-hydrogen) atoms. The second kappa shape index (κ2) is 3.54. The lowest BCUT2D eigenvalue weighted by Crippen LogP contribution is -2.64. The van der Waals surface area contributed by atoms with Gasteiger partial charge in [0.15, 0.2) is 0 Å². The van der Waals surface area contributed by atoms with Gasteiger partial charge in [-0.3, -0.25) is 0 Å². The van der Waals surface area contributed by atoms with E-state index < -0.39 is 5.60 Å². The Kier molecular flexibility index (Phi) is 2.81. The minimum atomic E-state index is -0.664. The van der Waals surface area contributed by atoms with E-state index in [1.54, 1.807) is 16.7 Å². The normalized spacial score (nSPS) is 19.5. The van der Waals surface area contributed by atoms with Gasteiger partial charge in [-0.2, -0.15) is 0 Å². The lowest BCUT2D eigenvalue weighted by Gasteiger charge is -2.45. The Morgan fingerprint density at radius 2 is 1.92 bits per heavy atom. The van der Waals surface area contributed by atoms with Crippen molar-refractivity contribution in [2.45, 2.75) is 26.4 Å². The molecule has 2 amide bonds. The molecule has 0 radical (unpaired) electrons. The number of aliphatic hydroxyl groups is 1. The van der Waals surface area contributed by atoms with Gasteiger partial charge >= 0.3 is 6.03 Å². The summed E-state index contributed by atoms with van der Waals surface area (Å²) in [6.07, 6.45) is 0. The van der Waals surface area contributed by atoms with Crippen LogP contribution in [0.5, 0.6) is 0 Å². The maximum absolute atomic E-state index is 11.6. The number of hydrogen-bond acceptors (Lipinski definition) is 2. The van der Waals surface area contributed by atoms with Gasteiger partial charge in [-0.05, 0) is 20.8 Å². The number of nitrogens with zero attached hydrogens (tertiary/aromatic N) is 2. The highest BCUT2D eigenvalue weighted by Crippen LogP contribution is 2.20. The number of carbonyl (C=O) groups excluding carboxylic acids is 1. The summed E-state index contributed by atoms with van der Waals surface area (Å²) in [5.74, 6) is 0. The summed E-state index contributed by atoms with van der Waals surface area (Å²) in [7, 11) is 0. The summed E-state index contributed by atoms with van der Waals surface area (Å²) < 4.78 is 0. The van der Waals surface area contributed by atoms with E-state index in [-0.39, 0.29) is 6.03 Å². The molecule has 1 aliphatic heterocycles. The molecule has 0 atom stereocenters. The minimum Gasteiger partial charge on any atom is -0.386 e. The molecule has 1 heterocycles. The van der Waals surface area contributed by atoms with E-state index in [0.29, 0.717) is 13.1 Å². The molecule has 1 saturated heterocycles. The Hall–Kier alpha value is -0.770. The van der Waals surface area contributed by atoms with Crippen LogP contribution in [0, 0.1) is 0 Å². The third-order valence-corrected chi connectivity index (χ3v) is 2.37. The van der Waals surface area contributed by atoms with Crippen molar-refractivity contribution in [2.24, 2.45) is 0 Å². The van der Waals surface area contributed by atoms with Gasteiger partial charge in [0.2, 0.25) is 0 Å². The number of amides is 2. The topological polar surface area (TPSA) is 43.8 Å². The third kappa shape index (κ3) is 2.12. The lowest BCUT2D eigenvalue weighted by atomic mass is 9.98. The van der Waals surface area contributed by atoms with Crippen LogP contribution in [-0.2, 0) is 0 Å². The minimum absolute atomic E-state index is 0.0384. The average molecular weight is 186 g/mol. The zero-order valence-electron chi connectivity index (χ0n) is 8.58. The smallest absolute Gasteiger partial charge is 0.320 e. The molecule has 1 N–H and O–H groups in total. The highest BCUT2D eigenvalue weighted by Gasteiger charge is 2.40. The number of β-amino-alcohol motifs (C(OH)–C–C–N with tert-alkyl or cyclic N) is 1. The van der Waals surface area contributed by atoms with E-state index >= 15 is 0 Å². The predicted molar refractivity (Wildman–Crippen MR) is 50.5 cm³/mol. The molecule has 76 valence electrons. The molecule has 0 aromatic rings. The summed E-state index contributed by atoms with van der Waals surface area (Å²) in [6, 6.07) is 0.0384. The maximum Gasteiger partial charge on any atom is 0.320 e. The first kappa shape index (κ1) is 10.3. The van der Waals surface area contributed by atoms with Crippen LogP contribution in [0.1, 0.15) is 20.8 Å². The van der Waals surface area contributed by atoms with E-state index in [4.69, 9.17) is 0 Å². The number of carbonyl (C=O) groups is 1. The molecule has 0 aromatic heterocycles. The molecule has 1 aliphatic rings. The van der Waals surface area contributed by atoms with Gasteiger partial charge in [0.05, 0.1) is 18.7 Å². The molecule has 0 saturated carbocycles. The van der Waals surface area contributed by atoms with Crippen molar-refractivity contribution in [1.29, 1.82) is 0 Å². The van der Waals surface area contributed by atoms with Crippen molar-refractivity contribution in [3.05, 3.63) is 0 Å². The van der Waals surface area contributed by atoms with Crippen LogP contribution >= 0.6 is 0 Å². The van der Waals surface area contributed by atoms with Crippen molar-refractivity contribution in [3.8, 4) is 0 Å². The van der Waals surface area contributed by atoms with Crippen molar-refractivity contribution in [2.75, 3.05) is 26.2 Å². The second-order valence-electron chi connectivity index (χ2n) is 3.81. The van der Waals surface area contributed by atoms with Crippen LogP contribution in [-0.4, -0.2) is 52.7 Å². The first-order chi connectivity index (χ1) is 6.00. The van der Waals surface area contributed by atoms with Gasteiger partial charge in [-0.25, -0.2) is 4.79 Å². The molecule has 1 fully saturated rings. The van der Waals surface area contributed by atoms with Crippen LogP contribution in [0.2, 0.25) is 0 Å². The average Bonchev–Trinajstić information content (AvgIpc) is 2.02. The Morgan fingerprint density at radius 1 is 1.46 bits per heavy atom. The van der Waals surface area contributed by atoms with Crippen molar-refractivity contribution < 1.29 is 9.90 Å². The molecule has 0 spiro atoms. The van der Waals surface area contributed by atoms with E-state index in [0.717, 1.165) is 13.1 Å². The number of rotatable bonds is 2. The highest BCUT2D eigenvalue weighted by molar-refractivity contribution is 5.75. The first-order valence-electron chi connectivity index (χ1n) is 4.76. The third-order valence-electron chi connectivity index (χ3n) is 2.37. The second-order valence-corrected chi connectivity index (χ2v) is 3.81. The zero-order valence-corrected chi connectivity index (χ0v) is 8.58. The summed E-state index contributed by atoms with van der Waals surface area (Å²) in [4.78, 5) is 15.0. The number of likely N-dealkylation sites (tertiary alicyclic amines) is 1. The van der Waals surface area contributed by atoms with E-state index in [9.17, 15) is 9.90 Å². The van der Waals surface area contributed by atoms with E-state index in [1.807, 2.05) is 13.8 Å². The standard InChI is InChI=1S/C9H18N2O2/c1-4-10(5-2)8(12)11-6-9(3,13)7-11/h13H,4-7H2,1-3H3. The Labute approximate surface area is 79.1 Å². The summed E-state index contributed by atoms with van der Waals surface area (Å²) in [5.41, 5.74) is -0.664.